The van der Waals surface area contributed by atoms with Crippen LogP contribution >= 0.6 is 0 Å². The molecule has 0 saturated carbocycles. The van der Waals surface area contributed by atoms with E-state index in [1.165, 1.54) is 26.6 Å². The van der Waals surface area contributed by atoms with Crippen molar-refractivity contribution in [1.82, 2.24) is 0 Å². The summed E-state index contributed by atoms with van der Waals surface area (Å²) in [7, 11) is 0. The van der Waals surface area contributed by atoms with Gasteiger partial charge in [0, 0.05) is 0 Å². The van der Waals surface area contributed by atoms with Crippen LogP contribution in [0, 0.1) is 11.8 Å². The van der Waals surface area contributed by atoms with Gasteiger partial charge in [0.1, 0.15) is 0 Å². The van der Waals surface area contributed by atoms with Crippen LogP contribution in [0.1, 0.15) is 11.1 Å². The Morgan fingerprint density at radius 2 is 0.690 bits per heavy atom. The minimum atomic E-state index is -2.62. The molecular weight excluding hydrogens is 724 g/mol. The van der Waals surface area contributed by atoms with Crippen molar-refractivity contribution in [3.63, 3.8) is 0 Å². The summed E-state index contributed by atoms with van der Waals surface area (Å²) in [6, 6.07) is 66.2. The molecule has 200 valence electrons. The molecule has 0 radical (unpaired) electrons. The molecule has 6 aromatic rings. The molecular formula is C40H30Sb2. The van der Waals surface area contributed by atoms with Gasteiger partial charge in [-0.05, 0) is 0 Å². The molecule has 0 aliphatic carbocycles. The van der Waals surface area contributed by atoms with Crippen LogP contribution in [0.4, 0.5) is 0 Å². The normalized spacial score (nSPS) is 11.5. The predicted octanol–water partition coefficient (Wildman–Crippen LogP) is 6.19. The Labute approximate surface area is 264 Å². The van der Waals surface area contributed by atoms with Crippen LogP contribution in [0.15, 0.2) is 186 Å². The fraction of sp³-hybridized carbons (Fsp3) is 0. The Bertz CT molecular complexity index is 1710. The Kier molecular flexibility index (Phi) is 9.75. The van der Waals surface area contributed by atoms with Crippen molar-refractivity contribution in [2.24, 2.45) is 0 Å². The fourth-order valence-corrected chi connectivity index (χ4v) is 22.2. The molecule has 0 N–H and O–H groups in total. The van der Waals surface area contributed by atoms with Crippen LogP contribution in [-0.4, -0.2) is 40.4 Å². The van der Waals surface area contributed by atoms with Gasteiger partial charge in [-0.2, -0.15) is 0 Å². The predicted molar refractivity (Wildman–Crippen MR) is 182 cm³/mol. The molecule has 0 heterocycles. The van der Waals surface area contributed by atoms with Gasteiger partial charge in [-0.1, -0.05) is 0 Å². The second-order valence-corrected chi connectivity index (χ2v) is 22.0. The summed E-state index contributed by atoms with van der Waals surface area (Å²) < 4.78 is 8.60. The first-order valence-electron chi connectivity index (χ1n) is 14.1. The molecule has 0 amide bonds. The van der Waals surface area contributed by atoms with Gasteiger partial charge < -0.3 is 0 Å². The van der Waals surface area contributed by atoms with Crippen LogP contribution in [-0.2, 0) is 0 Å². The number of rotatable bonds is 7. The van der Waals surface area contributed by atoms with E-state index in [9.17, 15) is 0 Å². The fourth-order valence-electron chi connectivity index (χ4n) is 4.96. The van der Waals surface area contributed by atoms with Gasteiger partial charge in [0.15, 0.2) is 0 Å². The molecule has 6 aromatic carbocycles. The molecule has 0 unspecified atom stereocenters. The topological polar surface area (TPSA) is 0 Å². The molecule has 0 bridgehead atoms. The van der Waals surface area contributed by atoms with E-state index >= 15 is 0 Å². The van der Waals surface area contributed by atoms with E-state index in [1.54, 1.807) is 0 Å². The van der Waals surface area contributed by atoms with E-state index in [0.717, 1.165) is 5.56 Å². The van der Waals surface area contributed by atoms with Crippen molar-refractivity contribution in [1.29, 1.82) is 0 Å². The summed E-state index contributed by atoms with van der Waals surface area (Å²) >= 11 is -5.20. The molecule has 0 aliphatic rings. The summed E-state index contributed by atoms with van der Waals surface area (Å²) in [6.07, 6.45) is 0. The maximum atomic E-state index is 3.91. The number of allylic oxidation sites excluding steroid dienone is 1. The molecule has 42 heavy (non-hydrogen) atoms. The number of hydrogen-bond acceptors (Lipinski definition) is 0. The summed E-state index contributed by atoms with van der Waals surface area (Å²) in [5, 5.41) is 0. The standard InChI is InChI=1S/C16H10.4C6H5.2Sb/c1-3-9-15(10-4-1)13-7-8-14-16-11-5-2-6-12-16;4*1-2-4-6-5-3-1;;/h1-6,9-12H;4*1-5H;;. The van der Waals surface area contributed by atoms with Gasteiger partial charge in [0.05, 0.1) is 0 Å². The summed E-state index contributed by atoms with van der Waals surface area (Å²) in [6.45, 7) is 0. The zero-order valence-electron chi connectivity index (χ0n) is 23.2. The van der Waals surface area contributed by atoms with Crippen molar-refractivity contribution in [2.75, 3.05) is 0 Å². The summed E-state index contributed by atoms with van der Waals surface area (Å²) in [5.74, 6) is 7.55. The maximum absolute atomic E-state index is 3.91. The van der Waals surface area contributed by atoms with E-state index in [2.05, 4.69) is 194 Å². The Hall–Kier alpha value is -3.74. The first kappa shape index (κ1) is 28.4. The van der Waals surface area contributed by atoms with Gasteiger partial charge in [-0.3, -0.25) is 0 Å². The van der Waals surface area contributed by atoms with Crippen LogP contribution in [0.2, 0.25) is 0 Å². The van der Waals surface area contributed by atoms with Gasteiger partial charge in [0.2, 0.25) is 0 Å². The summed E-state index contributed by atoms with van der Waals surface area (Å²) in [5.41, 5.74) is 2.35. The molecule has 0 aromatic heterocycles. The number of benzene rings is 6. The van der Waals surface area contributed by atoms with Crippen LogP contribution in [0.25, 0.3) is 3.52 Å². The second-order valence-electron chi connectivity index (χ2n) is 9.69. The quantitative estimate of drug-likeness (QED) is 0.135. The number of hydrogen-bond donors (Lipinski definition) is 0. The molecule has 2 heteroatoms. The Balaban J connectivity index is 1.75. The van der Waals surface area contributed by atoms with Gasteiger partial charge >= 0.3 is 266 Å². The zero-order valence-corrected chi connectivity index (χ0v) is 28.3. The van der Waals surface area contributed by atoms with Gasteiger partial charge in [0.25, 0.3) is 0 Å². The second kappa shape index (κ2) is 14.4. The van der Waals surface area contributed by atoms with E-state index in [1.807, 2.05) is 0 Å². The molecule has 0 aliphatic heterocycles. The van der Waals surface area contributed by atoms with E-state index in [4.69, 9.17) is 0 Å². The van der Waals surface area contributed by atoms with E-state index < -0.39 is 40.4 Å². The Morgan fingerprint density at radius 3 is 1.10 bits per heavy atom. The van der Waals surface area contributed by atoms with E-state index in [0.29, 0.717) is 0 Å². The molecule has 0 nitrogen and oxygen atoms in total. The van der Waals surface area contributed by atoms with Crippen LogP contribution in [0.5, 0.6) is 0 Å². The third-order valence-corrected chi connectivity index (χ3v) is 22.6. The summed E-state index contributed by atoms with van der Waals surface area (Å²) in [4.78, 5) is 0. The van der Waals surface area contributed by atoms with Crippen molar-refractivity contribution < 1.29 is 0 Å². The molecule has 0 spiro atoms. The van der Waals surface area contributed by atoms with Crippen molar-refractivity contribution in [3.8, 4) is 11.8 Å². The Morgan fingerprint density at radius 1 is 0.357 bits per heavy atom. The average Bonchev–Trinajstić information content (AvgIpc) is 3.08. The van der Waals surface area contributed by atoms with Crippen molar-refractivity contribution in [2.45, 2.75) is 0 Å². The first-order valence-corrected chi connectivity index (χ1v) is 21.7. The monoisotopic (exact) mass is 752 g/mol. The zero-order chi connectivity index (χ0) is 28.4. The average molecular weight is 754 g/mol. The van der Waals surface area contributed by atoms with E-state index in [-0.39, 0.29) is 0 Å². The molecule has 0 saturated heterocycles. The van der Waals surface area contributed by atoms with Crippen molar-refractivity contribution >= 4 is 58.0 Å². The van der Waals surface area contributed by atoms with Crippen LogP contribution in [0.3, 0.4) is 0 Å². The molecule has 6 rings (SSSR count). The van der Waals surface area contributed by atoms with Gasteiger partial charge in [-0.15, -0.1) is 0 Å². The van der Waals surface area contributed by atoms with Crippen molar-refractivity contribution in [3.05, 3.63) is 197 Å². The third kappa shape index (κ3) is 6.83. The van der Waals surface area contributed by atoms with Gasteiger partial charge in [-0.25, -0.2) is 0 Å². The SMILES string of the molecule is C(#Cc1ccccc1)/[C](=[C](/c1ccccc1)[Sb]([c]1ccccc1)[c]1ccccc1)[Sb]([c]1ccccc1)[c]1ccccc1. The first-order chi connectivity index (χ1) is 20.9. The van der Waals surface area contributed by atoms with Crippen LogP contribution < -0.4 is 14.0 Å². The third-order valence-electron chi connectivity index (χ3n) is 6.88. The minimum absolute atomic E-state index is 1.05. The molecule has 0 atom stereocenters. The molecule has 0 fully saturated rings.